The Balaban J connectivity index is 1.64. The van der Waals surface area contributed by atoms with Crippen molar-refractivity contribution < 1.29 is 13.9 Å². The number of para-hydroxylation sites is 1. The first kappa shape index (κ1) is 19.9. The molecule has 1 N–H and O–H groups in total. The fourth-order valence-electron chi connectivity index (χ4n) is 2.56. The van der Waals surface area contributed by atoms with Crippen molar-refractivity contribution in [2.75, 3.05) is 26.7 Å². The molecule has 0 aliphatic rings. The number of nitrogens with one attached hydrogen (secondary N) is 1. The molecule has 0 bridgehead atoms. The molecule has 2 aromatic rings. The second-order valence-electron chi connectivity index (χ2n) is 6.57. The summed E-state index contributed by atoms with van der Waals surface area (Å²) in [5.74, 6) is 0.578. The molecule has 0 heterocycles. The van der Waals surface area contributed by atoms with E-state index in [1.807, 2.05) is 49.2 Å². The number of ether oxygens (including phenoxy) is 1. The molecule has 26 heavy (non-hydrogen) atoms. The zero-order valence-electron chi connectivity index (χ0n) is 15.7. The summed E-state index contributed by atoms with van der Waals surface area (Å²) in [7, 11) is 1.90. The highest BCUT2D eigenvalue weighted by Crippen LogP contribution is 2.16. The number of nitrogens with zero attached hydrogens (tertiary/aromatic N) is 1. The third kappa shape index (κ3) is 6.48. The number of amides is 1. The molecule has 0 radical (unpaired) electrons. The minimum Gasteiger partial charge on any atom is -0.493 e. The second kappa shape index (κ2) is 9.92. The number of likely N-dealkylation sites (N-methyl/N-ethyl adjacent to an activating group) is 1. The number of hydrogen-bond donors (Lipinski definition) is 1. The van der Waals surface area contributed by atoms with E-state index in [0.29, 0.717) is 25.3 Å². The van der Waals surface area contributed by atoms with Gasteiger partial charge in [0, 0.05) is 13.1 Å². The van der Waals surface area contributed by atoms with Crippen LogP contribution in [0.1, 0.15) is 23.1 Å². The van der Waals surface area contributed by atoms with Crippen LogP contribution in [-0.4, -0.2) is 37.6 Å². The van der Waals surface area contributed by atoms with Crippen LogP contribution in [0.15, 0.2) is 42.5 Å². The van der Waals surface area contributed by atoms with Gasteiger partial charge in [-0.2, -0.15) is 0 Å². The number of carbonyl (C=O) groups excluding carboxylic acids is 1. The molecular formula is C21H27FN2O2. The van der Waals surface area contributed by atoms with Crippen molar-refractivity contribution in [1.29, 1.82) is 0 Å². The molecule has 140 valence electrons. The SMILES string of the molecule is Cc1ccc(CNC(=O)CN(C)CCCOc2ccccc2C)cc1F. The predicted molar refractivity (Wildman–Crippen MR) is 102 cm³/mol. The van der Waals surface area contributed by atoms with Crippen LogP contribution in [0.25, 0.3) is 0 Å². The standard InChI is InChI=1S/C21H27FN2O2/c1-16-9-10-18(13-19(16)22)14-23-21(25)15-24(3)11-6-12-26-20-8-5-4-7-17(20)2/h4-5,7-10,13H,6,11-12,14-15H2,1-3H3,(H,23,25). The zero-order valence-corrected chi connectivity index (χ0v) is 15.7. The molecule has 0 fully saturated rings. The summed E-state index contributed by atoms with van der Waals surface area (Å²) >= 11 is 0. The van der Waals surface area contributed by atoms with Crippen LogP contribution in [0.4, 0.5) is 4.39 Å². The molecule has 0 saturated carbocycles. The molecule has 0 unspecified atom stereocenters. The van der Waals surface area contributed by atoms with E-state index >= 15 is 0 Å². The van der Waals surface area contributed by atoms with Crippen molar-refractivity contribution in [3.8, 4) is 5.75 Å². The van der Waals surface area contributed by atoms with Gasteiger partial charge in [0.15, 0.2) is 0 Å². The van der Waals surface area contributed by atoms with Gasteiger partial charge in [-0.15, -0.1) is 0 Å². The summed E-state index contributed by atoms with van der Waals surface area (Å²) in [5, 5.41) is 2.82. The summed E-state index contributed by atoms with van der Waals surface area (Å²) in [5.41, 5.74) is 2.48. The first-order valence-corrected chi connectivity index (χ1v) is 8.84. The van der Waals surface area contributed by atoms with Gasteiger partial charge in [0.1, 0.15) is 11.6 Å². The Labute approximate surface area is 155 Å². The summed E-state index contributed by atoms with van der Waals surface area (Å²) < 4.78 is 19.3. The largest absolute Gasteiger partial charge is 0.493 e. The molecule has 0 atom stereocenters. The first-order valence-electron chi connectivity index (χ1n) is 8.84. The minimum atomic E-state index is -0.248. The molecule has 0 spiro atoms. The molecule has 5 heteroatoms. The second-order valence-corrected chi connectivity index (χ2v) is 6.57. The van der Waals surface area contributed by atoms with Gasteiger partial charge in [-0.25, -0.2) is 4.39 Å². The van der Waals surface area contributed by atoms with Gasteiger partial charge in [0.25, 0.3) is 0 Å². The number of halogens is 1. The smallest absolute Gasteiger partial charge is 0.234 e. The normalized spacial score (nSPS) is 10.8. The molecule has 2 aromatic carbocycles. The third-order valence-corrected chi connectivity index (χ3v) is 4.17. The van der Waals surface area contributed by atoms with Crippen LogP contribution < -0.4 is 10.1 Å². The van der Waals surface area contributed by atoms with Gasteiger partial charge in [-0.1, -0.05) is 30.3 Å². The Bertz CT molecular complexity index is 734. The van der Waals surface area contributed by atoms with Crippen LogP contribution in [0.3, 0.4) is 0 Å². The first-order chi connectivity index (χ1) is 12.5. The molecule has 0 aromatic heterocycles. The number of aryl methyl sites for hydroxylation is 2. The fourth-order valence-corrected chi connectivity index (χ4v) is 2.56. The zero-order chi connectivity index (χ0) is 18.9. The van der Waals surface area contributed by atoms with Crippen molar-refractivity contribution in [3.05, 3.63) is 65.0 Å². The lowest BCUT2D eigenvalue weighted by atomic mass is 10.1. The van der Waals surface area contributed by atoms with E-state index in [9.17, 15) is 9.18 Å². The summed E-state index contributed by atoms with van der Waals surface area (Å²) in [4.78, 5) is 14.0. The van der Waals surface area contributed by atoms with Gasteiger partial charge >= 0.3 is 0 Å². The van der Waals surface area contributed by atoms with Gasteiger partial charge in [0.2, 0.25) is 5.91 Å². The van der Waals surface area contributed by atoms with Crippen molar-refractivity contribution in [2.24, 2.45) is 0 Å². The third-order valence-electron chi connectivity index (χ3n) is 4.17. The van der Waals surface area contributed by atoms with Gasteiger partial charge in [-0.05, 0) is 56.1 Å². The predicted octanol–water partition coefficient (Wildman–Crippen LogP) is 3.46. The number of rotatable bonds is 9. The quantitative estimate of drug-likeness (QED) is 0.698. The fraction of sp³-hybridized carbons (Fsp3) is 0.381. The van der Waals surface area contributed by atoms with Crippen molar-refractivity contribution in [1.82, 2.24) is 10.2 Å². The molecule has 0 aliphatic heterocycles. The van der Waals surface area contributed by atoms with E-state index in [-0.39, 0.29) is 11.7 Å². The summed E-state index contributed by atoms with van der Waals surface area (Å²) in [6.45, 7) is 5.75. The molecule has 0 saturated heterocycles. The monoisotopic (exact) mass is 358 g/mol. The van der Waals surface area contributed by atoms with Crippen molar-refractivity contribution in [2.45, 2.75) is 26.8 Å². The molecular weight excluding hydrogens is 331 g/mol. The lowest BCUT2D eigenvalue weighted by Crippen LogP contribution is -2.35. The summed E-state index contributed by atoms with van der Waals surface area (Å²) in [6, 6.07) is 12.9. The molecule has 0 aliphatic carbocycles. The van der Waals surface area contributed by atoms with E-state index in [1.54, 1.807) is 13.0 Å². The van der Waals surface area contributed by atoms with Gasteiger partial charge in [-0.3, -0.25) is 9.69 Å². The maximum Gasteiger partial charge on any atom is 0.234 e. The lowest BCUT2D eigenvalue weighted by molar-refractivity contribution is -0.122. The van der Waals surface area contributed by atoms with Gasteiger partial charge < -0.3 is 10.1 Å². The highest BCUT2D eigenvalue weighted by atomic mass is 19.1. The van der Waals surface area contributed by atoms with Crippen LogP contribution in [0.2, 0.25) is 0 Å². The van der Waals surface area contributed by atoms with E-state index in [1.165, 1.54) is 6.07 Å². The summed E-state index contributed by atoms with van der Waals surface area (Å²) in [6.07, 6.45) is 0.835. The van der Waals surface area contributed by atoms with Crippen molar-refractivity contribution in [3.63, 3.8) is 0 Å². The maximum atomic E-state index is 13.5. The Morgan fingerprint density at radius 2 is 1.92 bits per heavy atom. The Hall–Kier alpha value is -2.40. The minimum absolute atomic E-state index is 0.0756. The Morgan fingerprint density at radius 3 is 2.65 bits per heavy atom. The van der Waals surface area contributed by atoms with E-state index in [4.69, 9.17) is 4.74 Å². The van der Waals surface area contributed by atoms with Crippen LogP contribution in [-0.2, 0) is 11.3 Å². The molecule has 4 nitrogen and oxygen atoms in total. The van der Waals surface area contributed by atoms with Crippen LogP contribution in [0, 0.1) is 19.7 Å². The number of hydrogen-bond acceptors (Lipinski definition) is 3. The number of carbonyl (C=O) groups is 1. The van der Waals surface area contributed by atoms with Crippen LogP contribution >= 0.6 is 0 Å². The maximum absolute atomic E-state index is 13.5. The van der Waals surface area contributed by atoms with Crippen molar-refractivity contribution >= 4 is 5.91 Å². The van der Waals surface area contributed by atoms with E-state index < -0.39 is 0 Å². The average molecular weight is 358 g/mol. The molecule has 2 rings (SSSR count). The Kier molecular flexibility index (Phi) is 7.60. The van der Waals surface area contributed by atoms with E-state index in [2.05, 4.69) is 5.32 Å². The highest BCUT2D eigenvalue weighted by Gasteiger charge is 2.07. The van der Waals surface area contributed by atoms with Gasteiger partial charge in [0.05, 0.1) is 13.2 Å². The molecule has 1 amide bonds. The number of benzene rings is 2. The highest BCUT2D eigenvalue weighted by molar-refractivity contribution is 5.77. The Morgan fingerprint density at radius 1 is 1.15 bits per heavy atom. The lowest BCUT2D eigenvalue weighted by Gasteiger charge is -2.17. The topological polar surface area (TPSA) is 41.6 Å². The average Bonchev–Trinajstić information content (AvgIpc) is 2.61. The van der Waals surface area contributed by atoms with E-state index in [0.717, 1.165) is 29.8 Å². The van der Waals surface area contributed by atoms with Crippen LogP contribution in [0.5, 0.6) is 5.75 Å².